The second-order valence-electron chi connectivity index (χ2n) is 11.6. The Morgan fingerprint density at radius 2 is 1.88 bits per heavy atom. The zero-order valence-electron chi connectivity index (χ0n) is 24.1. The number of rotatable bonds is 13. The van der Waals surface area contributed by atoms with Crippen molar-refractivity contribution in [2.24, 2.45) is 29.6 Å². The fraction of sp³-hybridized carbons (Fsp3) is 0.594. The van der Waals surface area contributed by atoms with Crippen LogP contribution in [0, 0.1) is 29.6 Å². The van der Waals surface area contributed by atoms with Crippen LogP contribution in [0.25, 0.3) is 0 Å². The lowest BCUT2D eigenvalue weighted by Gasteiger charge is -2.43. The predicted molar refractivity (Wildman–Crippen MR) is 151 cm³/mol. The third kappa shape index (κ3) is 9.03. The number of allylic oxidation sites excluding steroid dienone is 3. The number of carbonyl (C=O) groups excluding carboxylic acids is 3. The SMILES string of the molecule is CC[C@H](C)C(=O)O[C@H]1C[C@@H](C)C=C2C=C[C@H](C)[C@H](CC[C@@H](O)C[C@@H](CC(=O)NO)OC(=O)Cc3ccccc3)[C@H]21. The van der Waals surface area contributed by atoms with E-state index in [0.717, 1.165) is 18.4 Å². The Kier molecular flexibility index (Phi) is 11.9. The van der Waals surface area contributed by atoms with Gasteiger partial charge in [0.05, 0.1) is 24.9 Å². The molecule has 8 atom stereocenters. The summed E-state index contributed by atoms with van der Waals surface area (Å²) < 4.78 is 11.6. The molecular formula is C32H45NO7. The van der Waals surface area contributed by atoms with Gasteiger partial charge >= 0.3 is 11.9 Å². The lowest BCUT2D eigenvalue weighted by atomic mass is 9.65. The van der Waals surface area contributed by atoms with E-state index in [1.807, 2.05) is 44.2 Å². The largest absolute Gasteiger partial charge is 0.461 e. The number of hydrogen-bond donors (Lipinski definition) is 3. The summed E-state index contributed by atoms with van der Waals surface area (Å²) >= 11 is 0. The first-order valence-electron chi connectivity index (χ1n) is 14.6. The molecule has 0 aromatic heterocycles. The predicted octanol–water partition coefficient (Wildman–Crippen LogP) is 4.93. The van der Waals surface area contributed by atoms with Gasteiger partial charge < -0.3 is 14.6 Å². The second kappa shape index (κ2) is 15.1. The summed E-state index contributed by atoms with van der Waals surface area (Å²) in [6, 6.07) is 9.13. The number of fused-ring (bicyclic) bond motifs is 1. The number of esters is 2. The molecule has 0 aliphatic heterocycles. The molecule has 220 valence electrons. The molecule has 0 spiro atoms. The van der Waals surface area contributed by atoms with Gasteiger partial charge in [-0.25, -0.2) is 5.48 Å². The van der Waals surface area contributed by atoms with Crippen molar-refractivity contribution in [1.29, 1.82) is 0 Å². The van der Waals surface area contributed by atoms with Crippen LogP contribution in [0.15, 0.2) is 54.1 Å². The van der Waals surface area contributed by atoms with Gasteiger partial charge in [-0.1, -0.05) is 76.3 Å². The van der Waals surface area contributed by atoms with Crippen LogP contribution in [0.4, 0.5) is 0 Å². The minimum atomic E-state index is -0.878. The monoisotopic (exact) mass is 555 g/mol. The number of ether oxygens (including phenoxy) is 2. The van der Waals surface area contributed by atoms with Gasteiger partial charge in [-0.2, -0.15) is 0 Å². The highest BCUT2D eigenvalue weighted by Crippen LogP contribution is 2.45. The van der Waals surface area contributed by atoms with Crippen molar-refractivity contribution in [3.8, 4) is 0 Å². The Hall–Kier alpha value is -2.97. The molecule has 0 radical (unpaired) electrons. The molecule has 1 aromatic carbocycles. The molecule has 2 aliphatic carbocycles. The van der Waals surface area contributed by atoms with E-state index >= 15 is 0 Å². The third-order valence-corrected chi connectivity index (χ3v) is 8.27. The van der Waals surface area contributed by atoms with Crippen LogP contribution >= 0.6 is 0 Å². The molecule has 8 nitrogen and oxygen atoms in total. The van der Waals surface area contributed by atoms with E-state index in [4.69, 9.17) is 14.7 Å². The van der Waals surface area contributed by atoms with Crippen molar-refractivity contribution in [2.75, 3.05) is 0 Å². The molecule has 1 aromatic rings. The highest BCUT2D eigenvalue weighted by molar-refractivity contribution is 5.76. The van der Waals surface area contributed by atoms with Crippen LogP contribution in [0.2, 0.25) is 0 Å². The van der Waals surface area contributed by atoms with E-state index in [1.165, 1.54) is 5.57 Å². The van der Waals surface area contributed by atoms with Gasteiger partial charge in [0.25, 0.3) is 0 Å². The maximum Gasteiger partial charge on any atom is 0.310 e. The zero-order chi connectivity index (χ0) is 29.2. The first-order valence-corrected chi connectivity index (χ1v) is 14.6. The molecule has 0 saturated heterocycles. The van der Waals surface area contributed by atoms with E-state index < -0.39 is 24.1 Å². The maximum absolute atomic E-state index is 12.7. The average molecular weight is 556 g/mol. The van der Waals surface area contributed by atoms with Crippen molar-refractivity contribution in [2.45, 2.75) is 91.0 Å². The van der Waals surface area contributed by atoms with Crippen LogP contribution in [0.1, 0.15) is 71.8 Å². The Morgan fingerprint density at radius 3 is 2.55 bits per heavy atom. The van der Waals surface area contributed by atoms with Crippen LogP contribution in [0.5, 0.6) is 0 Å². The highest BCUT2D eigenvalue weighted by atomic mass is 16.5. The van der Waals surface area contributed by atoms with Crippen LogP contribution < -0.4 is 5.48 Å². The Bertz CT molecular complexity index is 1050. The Labute approximate surface area is 237 Å². The summed E-state index contributed by atoms with van der Waals surface area (Å²) in [5.74, 6) is -0.765. The number of aliphatic hydroxyl groups excluding tert-OH is 1. The van der Waals surface area contributed by atoms with Crippen LogP contribution in [0.3, 0.4) is 0 Å². The number of hydroxylamine groups is 1. The minimum absolute atomic E-state index is 0.0477. The summed E-state index contributed by atoms with van der Waals surface area (Å²) in [4.78, 5) is 37.2. The molecular weight excluding hydrogens is 510 g/mol. The summed E-state index contributed by atoms with van der Waals surface area (Å²) in [6.45, 7) is 8.16. The fourth-order valence-corrected chi connectivity index (χ4v) is 5.88. The van der Waals surface area contributed by atoms with E-state index in [9.17, 15) is 19.5 Å². The molecule has 0 bridgehead atoms. The number of benzene rings is 1. The molecule has 3 N–H and O–H groups in total. The first kappa shape index (κ1) is 31.6. The topological polar surface area (TPSA) is 122 Å². The van der Waals surface area contributed by atoms with Crippen molar-refractivity contribution < 1.29 is 34.2 Å². The number of aliphatic hydroxyl groups is 1. The van der Waals surface area contributed by atoms with Gasteiger partial charge in [0.15, 0.2) is 0 Å². The summed E-state index contributed by atoms with van der Waals surface area (Å²) in [6.07, 6.45) is 7.16. The maximum atomic E-state index is 12.7. The van der Waals surface area contributed by atoms with Gasteiger partial charge in [0.2, 0.25) is 5.91 Å². The summed E-state index contributed by atoms with van der Waals surface area (Å²) in [7, 11) is 0. The molecule has 3 rings (SSSR count). The molecule has 0 heterocycles. The first-order chi connectivity index (χ1) is 19.1. The van der Waals surface area contributed by atoms with E-state index in [0.29, 0.717) is 18.8 Å². The molecule has 1 amide bonds. The molecule has 2 aliphatic rings. The number of carbonyl (C=O) groups is 3. The van der Waals surface area contributed by atoms with Crippen LogP contribution in [-0.2, 0) is 30.3 Å². The van der Waals surface area contributed by atoms with Crippen molar-refractivity contribution in [3.05, 3.63) is 59.7 Å². The lowest BCUT2D eigenvalue weighted by molar-refractivity contribution is -0.159. The molecule has 0 fully saturated rings. The Morgan fingerprint density at radius 1 is 1.15 bits per heavy atom. The molecule has 0 saturated carbocycles. The fourth-order valence-electron chi connectivity index (χ4n) is 5.88. The van der Waals surface area contributed by atoms with Gasteiger partial charge in [0, 0.05) is 12.3 Å². The molecule has 40 heavy (non-hydrogen) atoms. The van der Waals surface area contributed by atoms with E-state index in [1.54, 1.807) is 5.48 Å². The normalized spacial score (nSPS) is 26.1. The quantitative estimate of drug-likeness (QED) is 0.179. The average Bonchev–Trinajstić information content (AvgIpc) is 2.92. The van der Waals surface area contributed by atoms with Crippen molar-refractivity contribution >= 4 is 17.8 Å². The van der Waals surface area contributed by atoms with Gasteiger partial charge in [-0.05, 0) is 54.6 Å². The minimum Gasteiger partial charge on any atom is -0.461 e. The smallest absolute Gasteiger partial charge is 0.310 e. The third-order valence-electron chi connectivity index (χ3n) is 8.27. The number of hydrogen-bond acceptors (Lipinski definition) is 7. The van der Waals surface area contributed by atoms with Gasteiger partial charge in [0.1, 0.15) is 12.2 Å². The molecule has 8 heteroatoms. The highest BCUT2D eigenvalue weighted by Gasteiger charge is 2.41. The summed E-state index contributed by atoms with van der Waals surface area (Å²) in [5.41, 5.74) is 3.55. The lowest BCUT2D eigenvalue weighted by Crippen LogP contribution is -2.41. The second-order valence-corrected chi connectivity index (χ2v) is 11.6. The number of amides is 1. The van der Waals surface area contributed by atoms with Crippen molar-refractivity contribution in [1.82, 2.24) is 5.48 Å². The molecule has 0 unspecified atom stereocenters. The van der Waals surface area contributed by atoms with Crippen LogP contribution in [-0.4, -0.2) is 46.5 Å². The zero-order valence-corrected chi connectivity index (χ0v) is 24.1. The van der Waals surface area contributed by atoms with E-state index in [-0.39, 0.29) is 55.0 Å². The summed E-state index contributed by atoms with van der Waals surface area (Å²) in [5, 5.41) is 20.0. The Balaban J connectivity index is 1.66. The van der Waals surface area contributed by atoms with E-state index in [2.05, 4.69) is 32.1 Å². The van der Waals surface area contributed by atoms with Gasteiger partial charge in [-0.15, -0.1) is 0 Å². The van der Waals surface area contributed by atoms with Gasteiger partial charge in [-0.3, -0.25) is 19.6 Å². The van der Waals surface area contributed by atoms with Crippen molar-refractivity contribution in [3.63, 3.8) is 0 Å². The standard InChI is InChI=1S/C32H45NO7/c1-5-21(3)32(37)40-28-16-20(2)15-24-12-11-22(4)27(31(24)28)14-13-25(34)18-26(19-29(35)33-38)39-30(36)17-23-9-7-6-8-10-23/h6-12,15,20-22,25-28,31,34,38H,5,13-14,16-19H2,1-4H3,(H,33,35)/t20-,21-,22-,25+,26-,27-,28-,31-/m0/s1. The number of nitrogens with one attached hydrogen (secondary N) is 1.